The van der Waals surface area contributed by atoms with Crippen molar-refractivity contribution in [1.82, 2.24) is 5.32 Å². The number of carbonyl (C=O) groups is 1. The van der Waals surface area contributed by atoms with Crippen LogP contribution in [0.4, 0.5) is 0 Å². The number of aliphatic hydroxyl groups is 2. The first-order valence-electron chi connectivity index (χ1n) is 28.7. The second-order valence-corrected chi connectivity index (χ2v) is 19.7. The number of allylic oxidation sites excluding steroid dienone is 5. The van der Waals surface area contributed by atoms with Crippen LogP contribution in [0, 0.1) is 0 Å². The maximum atomic E-state index is 12.4. The second kappa shape index (κ2) is 54.9. The molecule has 4 heteroatoms. The van der Waals surface area contributed by atoms with Crippen molar-refractivity contribution in [1.29, 1.82) is 0 Å². The molecule has 0 aromatic carbocycles. The fraction of sp³-hybridized carbons (Fsp3) is 0.881. The molecule has 0 aromatic rings. The molecular formula is C59H113NO3. The number of aliphatic hydroxyl groups excluding tert-OH is 2. The van der Waals surface area contributed by atoms with E-state index in [1.165, 1.54) is 257 Å². The summed E-state index contributed by atoms with van der Waals surface area (Å²) >= 11 is 0. The van der Waals surface area contributed by atoms with E-state index in [9.17, 15) is 15.0 Å². The van der Waals surface area contributed by atoms with Crippen LogP contribution in [0.1, 0.15) is 316 Å². The Kier molecular flexibility index (Phi) is 53.7. The molecule has 0 bridgehead atoms. The van der Waals surface area contributed by atoms with E-state index in [-0.39, 0.29) is 12.5 Å². The van der Waals surface area contributed by atoms with Crippen LogP contribution in [-0.4, -0.2) is 34.9 Å². The summed E-state index contributed by atoms with van der Waals surface area (Å²) in [6.07, 6.45) is 74.8. The first-order chi connectivity index (χ1) is 31.2. The van der Waals surface area contributed by atoms with E-state index >= 15 is 0 Å². The Hall–Kier alpha value is -1.39. The lowest BCUT2D eigenvalue weighted by Crippen LogP contribution is -2.45. The molecule has 0 radical (unpaired) electrons. The van der Waals surface area contributed by atoms with Crippen molar-refractivity contribution in [2.75, 3.05) is 6.61 Å². The normalized spacial score (nSPS) is 13.0. The average Bonchev–Trinajstić information content (AvgIpc) is 3.29. The molecule has 4 nitrogen and oxygen atoms in total. The zero-order chi connectivity index (χ0) is 45.6. The molecule has 0 rings (SSSR count). The van der Waals surface area contributed by atoms with Gasteiger partial charge in [-0.25, -0.2) is 0 Å². The third-order valence-corrected chi connectivity index (χ3v) is 13.4. The molecule has 0 saturated carbocycles. The van der Waals surface area contributed by atoms with Crippen molar-refractivity contribution < 1.29 is 15.0 Å². The van der Waals surface area contributed by atoms with Crippen LogP contribution in [0.5, 0.6) is 0 Å². The zero-order valence-electron chi connectivity index (χ0n) is 42.9. The number of amides is 1. The minimum Gasteiger partial charge on any atom is -0.394 e. The number of hydrogen-bond acceptors (Lipinski definition) is 3. The molecule has 1 amide bonds. The molecule has 0 aromatic heterocycles. The number of nitrogens with one attached hydrogen (secondary N) is 1. The van der Waals surface area contributed by atoms with E-state index < -0.39 is 12.1 Å². The van der Waals surface area contributed by atoms with Gasteiger partial charge in [0.05, 0.1) is 18.8 Å². The van der Waals surface area contributed by atoms with Gasteiger partial charge in [-0.15, -0.1) is 0 Å². The van der Waals surface area contributed by atoms with Gasteiger partial charge in [-0.05, 0) is 44.9 Å². The van der Waals surface area contributed by atoms with Gasteiger partial charge in [0.1, 0.15) is 0 Å². The summed E-state index contributed by atoms with van der Waals surface area (Å²) in [5.41, 5.74) is 0. The molecule has 3 N–H and O–H groups in total. The first kappa shape index (κ1) is 61.6. The van der Waals surface area contributed by atoms with Gasteiger partial charge >= 0.3 is 0 Å². The summed E-state index contributed by atoms with van der Waals surface area (Å²) in [5, 5.41) is 23.0. The average molecular weight is 885 g/mol. The van der Waals surface area contributed by atoms with Crippen LogP contribution in [0.15, 0.2) is 36.5 Å². The highest BCUT2D eigenvalue weighted by atomic mass is 16.3. The Bertz CT molecular complexity index is 958. The third-order valence-electron chi connectivity index (χ3n) is 13.4. The van der Waals surface area contributed by atoms with Crippen LogP contribution in [-0.2, 0) is 4.79 Å². The fourth-order valence-corrected chi connectivity index (χ4v) is 8.98. The van der Waals surface area contributed by atoms with Gasteiger partial charge in [-0.3, -0.25) is 4.79 Å². The van der Waals surface area contributed by atoms with Gasteiger partial charge < -0.3 is 15.5 Å². The van der Waals surface area contributed by atoms with Crippen molar-refractivity contribution in [2.24, 2.45) is 0 Å². The standard InChI is InChI=1S/C59H113NO3/c1-3-5-7-9-11-13-15-17-18-19-20-21-22-23-24-25-26-27-28-29-30-31-32-33-34-35-36-37-38-39-40-41-43-45-47-49-51-53-55-59(63)60-57(56-61)58(62)54-52-50-48-46-44-42-16-14-12-10-8-6-4-2/h12,14,44,46,52,54,57-58,61-62H,3-11,13,15-43,45,47-51,53,55-56H2,1-2H3,(H,60,63)/b14-12+,46-44+,54-52+. The maximum absolute atomic E-state index is 12.4. The predicted molar refractivity (Wildman–Crippen MR) is 281 cm³/mol. The molecule has 0 aliphatic carbocycles. The number of hydrogen-bond donors (Lipinski definition) is 3. The molecule has 0 fully saturated rings. The molecule has 2 unspecified atom stereocenters. The fourth-order valence-electron chi connectivity index (χ4n) is 8.98. The van der Waals surface area contributed by atoms with Gasteiger partial charge in [0.15, 0.2) is 0 Å². The summed E-state index contributed by atoms with van der Waals surface area (Å²) in [6, 6.07) is -0.642. The first-order valence-corrected chi connectivity index (χ1v) is 28.7. The Balaban J connectivity index is 3.37. The summed E-state index contributed by atoms with van der Waals surface area (Å²) in [6.45, 7) is 4.28. The van der Waals surface area contributed by atoms with Crippen LogP contribution in [0.25, 0.3) is 0 Å². The van der Waals surface area contributed by atoms with Crippen LogP contribution in [0.3, 0.4) is 0 Å². The van der Waals surface area contributed by atoms with Crippen molar-refractivity contribution in [2.45, 2.75) is 328 Å². The highest BCUT2D eigenvalue weighted by molar-refractivity contribution is 5.76. The van der Waals surface area contributed by atoms with E-state index in [1.54, 1.807) is 6.08 Å². The van der Waals surface area contributed by atoms with E-state index in [0.29, 0.717) is 6.42 Å². The second-order valence-electron chi connectivity index (χ2n) is 19.7. The number of carbonyl (C=O) groups excluding carboxylic acids is 1. The van der Waals surface area contributed by atoms with E-state index in [2.05, 4.69) is 43.5 Å². The van der Waals surface area contributed by atoms with Crippen molar-refractivity contribution >= 4 is 5.91 Å². The lowest BCUT2D eigenvalue weighted by atomic mass is 10.0. The maximum Gasteiger partial charge on any atom is 0.220 e. The van der Waals surface area contributed by atoms with Gasteiger partial charge in [-0.1, -0.05) is 301 Å². The largest absolute Gasteiger partial charge is 0.394 e. The minimum atomic E-state index is -0.867. The molecule has 2 atom stereocenters. The highest BCUT2D eigenvalue weighted by Gasteiger charge is 2.18. The Labute approximate surface area is 395 Å². The molecule has 0 aliphatic heterocycles. The Morgan fingerprint density at radius 3 is 0.921 bits per heavy atom. The van der Waals surface area contributed by atoms with Gasteiger partial charge in [0, 0.05) is 6.42 Å². The molecule has 0 saturated heterocycles. The molecule has 63 heavy (non-hydrogen) atoms. The monoisotopic (exact) mass is 884 g/mol. The summed E-state index contributed by atoms with van der Waals surface area (Å²) < 4.78 is 0. The van der Waals surface area contributed by atoms with Crippen molar-refractivity contribution in [3.63, 3.8) is 0 Å². The molecular weight excluding hydrogens is 771 g/mol. The van der Waals surface area contributed by atoms with Crippen LogP contribution >= 0.6 is 0 Å². The summed E-state index contributed by atoms with van der Waals surface area (Å²) in [4.78, 5) is 12.4. The van der Waals surface area contributed by atoms with Crippen molar-refractivity contribution in [3.8, 4) is 0 Å². The van der Waals surface area contributed by atoms with Crippen LogP contribution in [0.2, 0.25) is 0 Å². The summed E-state index contributed by atoms with van der Waals surface area (Å²) in [7, 11) is 0. The Morgan fingerprint density at radius 1 is 0.365 bits per heavy atom. The van der Waals surface area contributed by atoms with E-state index in [4.69, 9.17) is 0 Å². The predicted octanol–water partition coefficient (Wildman–Crippen LogP) is 18.9. The molecule has 0 aliphatic rings. The van der Waals surface area contributed by atoms with E-state index in [1.807, 2.05) is 6.08 Å². The number of unbranched alkanes of at least 4 members (excludes halogenated alkanes) is 42. The third kappa shape index (κ3) is 51.5. The lowest BCUT2D eigenvalue weighted by molar-refractivity contribution is -0.123. The summed E-state index contributed by atoms with van der Waals surface area (Å²) in [5.74, 6) is -0.0738. The lowest BCUT2D eigenvalue weighted by Gasteiger charge is -2.19. The molecule has 0 heterocycles. The highest BCUT2D eigenvalue weighted by Crippen LogP contribution is 2.18. The molecule has 372 valence electrons. The van der Waals surface area contributed by atoms with Gasteiger partial charge in [-0.2, -0.15) is 0 Å². The number of rotatable bonds is 53. The van der Waals surface area contributed by atoms with Crippen LogP contribution < -0.4 is 5.32 Å². The quantitative estimate of drug-likeness (QED) is 0.0421. The van der Waals surface area contributed by atoms with Gasteiger partial charge in [0.2, 0.25) is 5.91 Å². The SMILES string of the molecule is CCCCC/C=C/CC/C=C/CC/C=C/C(O)C(CO)NC(=O)CCCCCCCCCCCCCCCCCCCCCCCCCCCCCCCCCCCCCCCC. The Morgan fingerprint density at radius 2 is 0.619 bits per heavy atom. The zero-order valence-corrected chi connectivity index (χ0v) is 42.9. The van der Waals surface area contributed by atoms with E-state index in [0.717, 1.165) is 38.5 Å². The topological polar surface area (TPSA) is 69.6 Å². The molecule has 0 spiro atoms. The van der Waals surface area contributed by atoms with Gasteiger partial charge in [0.25, 0.3) is 0 Å². The minimum absolute atomic E-state index is 0.0738. The van der Waals surface area contributed by atoms with Crippen molar-refractivity contribution in [3.05, 3.63) is 36.5 Å². The smallest absolute Gasteiger partial charge is 0.220 e.